The zero-order valence-corrected chi connectivity index (χ0v) is 8.21. The minimum absolute atomic E-state index is 0.0647. The average Bonchev–Trinajstić information content (AvgIpc) is 2.08. The number of dihydropyridines is 1. The first-order chi connectivity index (χ1) is 6.29. The maximum absolute atomic E-state index is 12.2. The molecule has 14 heavy (non-hydrogen) atoms. The zero-order chi connectivity index (χ0) is 11.0. The normalized spacial score (nSPS) is 27.9. The summed E-state index contributed by atoms with van der Waals surface area (Å²) in [6.07, 6.45) is -2.60. The highest BCUT2D eigenvalue weighted by Gasteiger charge is 2.37. The van der Waals surface area contributed by atoms with E-state index in [4.69, 9.17) is 17.3 Å². The van der Waals surface area contributed by atoms with Crippen molar-refractivity contribution in [1.82, 2.24) is 5.32 Å². The van der Waals surface area contributed by atoms with Crippen LogP contribution in [0.15, 0.2) is 22.9 Å². The number of nitrogens with one attached hydrogen (secondary N) is 1. The van der Waals surface area contributed by atoms with Crippen LogP contribution in [0.3, 0.4) is 0 Å². The highest BCUT2D eigenvalue weighted by Crippen LogP contribution is 2.33. The lowest BCUT2D eigenvalue weighted by atomic mass is 9.97. The monoisotopic (exact) mass is 226 g/mol. The molecule has 80 valence electrons. The van der Waals surface area contributed by atoms with Crippen LogP contribution in [0.4, 0.5) is 13.2 Å². The van der Waals surface area contributed by atoms with E-state index in [1.54, 1.807) is 6.92 Å². The van der Waals surface area contributed by atoms with Crippen LogP contribution in [0.25, 0.3) is 0 Å². The third-order valence-electron chi connectivity index (χ3n) is 2.09. The first kappa shape index (κ1) is 11.4. The van der Waals surface area contributed by atoms with Crippen LogP contribution in [0.1, 0.15) is 6.92 Å². The van der Waals surface area contributed by atoms with E-state index in [9.17, 15) is 13.2 Å². The van der Waals surface area contributed by atoms with Crippen LogP contribution in [0.5, 0.6) is 0 Å². The quantitative estimate of drug-likeness (QED) is 0.717. The number of halogens is 4. The van der Waals surface area contributed by atoms with E-state index in [0.717, 1.165) is 12.3 Å². The van der Waals surface area contributed by atoms with E-state index in [1.807, 2.05) is 0 Å². The van der Waals surface area contributed by atoms with Crippen LogP contribution >= 0.6 is 11.6 Å². The molecule has 0 aromatic rings. The average molecular weight is 227 g/mol. The second-order valence-electron chi connectivity index (χ2n) is 3.27. The molecule has 2 nitrogen and oxygen atoms in total. The van der Waals surface area contributed by atoms with Gasteiger partial charge in [-0.3, -0.25) is 0 Å². The predicted octanol–water partition coefficient (Wildman–Crippen LogP) is 1.88. The van der Waals surface area contributed by atoms with E-state index in [1.165, 1.54) is 0 Å². The Labute approximate surface area is 84.6 Å². The van der Waals surface area contributed by atoms with Gasteiger partial charge in [-0.2, -0.15) is 13.2 Å². The number of hydrogen-bond donors (Lipinski definition) is 2. The molecule has 0 amide bonds. The minimum Gasteiger partial charge on any atom is -0.379 e. The fourth-order valence-electron chi connectivity index (χ4n) is 0.964. The van der Waals surface area contributed by atoms with Crippen molar-refractivity contribution < 1.29 is 13.2 Å². The Hall–Kier alpha value is -0.680. The Morgan fingerprint density at radius 1 is 1.57 bits per heavy atom. The molecule has 0 spiro atoms. The second-order valence-corrected chi connectivity index (χ2v) is 3.68. The first-order valence-corrected chi connectivity index (χ1v) is 4.30. The van der Waals surface area contributed by atoms with Crippen molar-refractivity contribution in [3.8, 4) is 0 Å². The van der Waals surface area contributed by atoms with Gasteiger partial charge in [0.25, 0.3) is 0 Å². The van der Waals surface area contributed by atoms with Gasteiger partial charge in [-0.15, -0.1) is 0 Å². The Bertz CT molecular complexity index is 295. The largest absolute Gasteiger partial charge is 0.417 e. The molecule has 1 atom stereocenters. The van der Waals surface area contributed by atoms with Crippen LogP contribution in [0, 0.1) is 0 Å². The molecule has 0 aromatic carbocycles. The van der Waals surface area contributed by atoms with Crippen molar-refractivity contribution >= 4 is 11.6 Å². The van der Waals surface area contributed by atoms with Gasteiger partial charge in [0.05, 0.1) is 11.1 Å². The third-order valence-corrected chi connectivity index (χ3v) is 2.62. The summed E-state index contributed by atoms with van der Waals surface area (Å²) in [6.45, 7) is 1.76. The molecule has 0 bridgehead atoms. The maximum atomic E-state index is 12.2. The van der Waals surface area contributed by atoms with Crippen LogP contribution in [-0.4, -0.2) is 18.3 Å². The van der Waals surface area contributed by atoms with E-state index < -0.39 is 17.3 Å². The summed E-state index contributed by atoms with van der Waals surface area (Å²) in [5.41, 5.74) is 3.79. The van der Waals surface area contributed by atoms with Gasteiger partial charge in [0.15, 0.2) is 0 Å². The van der Waals surface area contributed by atoms with E-state index in [2.05, 4.69) is 5.32 Å². The van der Waals surface area contributed by atoms with Crippen molar-refractivity contribution in [1.29, 1.82) is 0 Å². The van der Waals surface area contributed by atoms with E-state index >= 15 is 0 Å². The summed E-state index contributed by atoms with van der Waals surface area (Å²) in [4.78, 5) is 0. The summed E-state index contributed by atoms with van der Waals surface area (Å²) in [5.74, 6) is 0. The van der Waals surface area contributed by atoms with Crippen molar-refractivity contribution in [2.75, 3.05) is 6.54 Å². The van der Waals surface area contributed by atoms with Gasteiger partial charge < -0.3 is 11.1 Å². The summed E-state index contributed by atoms with van der Waals surface area (Å²) >= 11 is 5.70. The van der Waals surface area contributed by atoms with Gasteiger partial charge in [0, 0.05) is 17.8 Å². The van der Waals surface area contributed by atoms with Crippen molar-refractivity contribution in [3.05, 3.63) is 22.9 Å². The Morgan fingerprint density at radius 2 is 2.14 bits per heavy atom. The molecule has 0 saturated heterocycles. The van der Waals surface area contributed by atoms with Crippen molar-refractivity contribution in [2.24, 2.45) is 5.73 Å². The Morgan fingerprint density at radius 3 is 2.50 bits per heavy atom. The van der Waals surface area contributed by atoms with Crippen molar-refractivity contribution in [2.45, 2.75) is 18.6 Å². The maximum Gasteiger partial charge on any atom is 0.417 e. The molecule has 0 aliphatic carbocycles. The Kier molecular flexibility index (Phi) is 2.83. The SMILES string of the molecule is CC1(CN)NC=C(C(F)(F)F)C=C1Cl. The molecule has 0 saturated carbocycles. The summed E-state index contributed by atoms with van der Waals surface area (Å²) < 4.78 is 36.7. The van der Waals surface area contributed by atoms with Gasteiger partial charge in [-0.25, -0.2) is 0 Å². The molecular formula is C8H10ClF3N2. The van der Waals surface area contributed by atoms with E-state index in [-0.39, 0.29) is 11.6 Å². The molecule has 1 aliphatic heterocycles. The topological polar surface area (TPSA) is 38.0 Å². The summed E-state index contributed by atoms with van der Waals surface area (Å²) in [6, 6.07) is 0. The van der Waals surface area contributed by atoms with Gasteiger partial charge in [0.2, 0.25) is 0 Å². The van der Waals surface area contributed by atoms with Crippen LogP contribution < -0.4 is 11.1 Å². The van der Waals surface area contributed by atoms with Gasteiger partial charge in [0.1, 0.15) is 0 Å². The fourth-order valence-corrected chi connectivity index (χ4v) is 1.21. The molecule has 6 heteroatoms. The molecular weight excluding hydrogens is 217 g/mol. The molecule has 0 fully saturated rings. The lowest BCUT2D eigenvalue weighted by molar-refractivity contribution is -0.0890. The molecule has 1 rings (SSSR count). The number of nitrogens with two attached hydrogens (primary N) is 1. The standard InChI is InChI=1S/C8H10ClF3N2/c1-7(4-13)6(9)2-5(3-14-7)8(10,11)12/h2-3,14H,4,13H2,1H3. The molecule has 3 N–H and O–H groups in total. The first-order valence-electron chi connectivity index (χ1n) is 3.92. The summed E-state index contributed by atoms with van der Waals surface area (Å²) in [5, 5.41) is 2.61. The fraction of sp³-hybridized carbons (Fsp3) is 0.500. The van der Waals surface area contributed by atoms with Crippen LogP contribution in [-0.2, 0) is 0 Å². The molecule has 1 heterocycles. The predicted molar refractivity (Wildman–Crippen MR) is 48.7 cm³/mol. The molecule has 0 aromatic heterocycles. The van der Waals surface area contributed by atoms with Gasteiger partial charge in [-0.1, -0.05) is 11.6 Å². The number of alkyl halides is 3. The lowest BCUT2D eigenvalue weighted by Gasteiger charge is -2.32. The smallest absolute Gasteiger partial charge is 0.379 e. The van der Waals surface area contributed by atoms with Crippen molar-refractivity contribution in [3.63, 3.8) is 0 Å². The highest BCUT2D eigenvalue weighted by molar-refractivity contribution is 6.31. The van der Waals surface area contributed by atoms with Gasteiger partial charge >= 0.3 is 6.18 Å². The number of allylic oxidation sites excluding steroid dienone is 2. The zero-order valence-electron chi connectivity index (χ0n) is 7.45. The molecule has 0 radical (unpaired) electrons. The highest BCUT2D eigenvalue weighted by atomic mass is 35.5. The summed E-state index contributed by atoms with van der Waals surface area (Å²) in [7, 11) is 0. The minimum atomic E-state index is -4.39. The molecule has 1 unspecified atom stereocenters. The molecule has 1 aliphatic rings. The number of rotatable bonds is 1. The lowest BCUT2D eigenvalue weighted by Crippen LogP contribution is -2.48. The van der Waals surface area contributed by atoms with Gasteiger partial charge in [-0.05, 0) is 13.0 Å². The Balaban J connectivity index is 2.95. The van der Waals surface area contributed by atoms with Crippen LogP contribution in [0.2, 0.25) is 0 Å². The second kappa shape index (κ2) is 3.47. The number of hydrogen-bond acceptors (Lipinski definition) is 2. The van der Waals surface area contributed by atoms with E-state index in [0.29, 0.717) is 0 Å². The third kappa shape index (κ3) is 2.04.